The maximum atomic E-state index is 13.4. The third-order valence-electron chi connectivity index (χ3n) is 5.12. The van der Waals surface area contributed by atoms with E-state index in [1.54, 1.807) is 0 Å². The van der Waals surface area contributed by atoms with Gasteiger partial charge in [-0.15, -0.1) is 5.10 Å². The van der Waals surface area contributed by atoms with Gasteiger partial charge in [0.05, 0.1) is 11.8 Å². The Morgan fingerprint density at radius 2 is 1.82 bits per heavy atom. The van der Waals surface area contributed by atoms with E-state index < -0.39 is 11.6 Å². The van der Waals surface area contributed by atoms with E-state index in [2.05, 4.69) is 21.5 Å². The number of benzene rings is 2. The normalized spacial score (nSPS) is 19.6. The highest BCUT2D eigenvalue weighted by Crippen LogP contribution is 2.35. The van der Waals surface area contributed by atoms with E-state index in [1.807, 2.05) is 19.1 Å². The van der Waals surface area contributed by atoms with Gasteiger partial charge >= 0.3 is 0 Å². The Hall–Kier alpha value is -2.80. The Balaban J connectivity index is 0.00000160. The number of aromatic nitrogens is 3. The number of anilines is 2. The van der Waals surface area contributed by atoms with Gasteiger partial charge in [-0.1, -0.05) is 18.9 Å². The van der Waals surface area contributed by atoms with Crippen molar-refractivity contribution in [1.82, 2.24) is 14.8 Å². The molecule has 0 aliphatic heterocycles. The van der Waals surface area contributed by atoms with Crippen LogP contribution in [0.4, 0.5) is 20.4 Å². The zero-order valence-electron chi connectivity index (χ0n) is 15.6. The fourth-order valence-electron chi connectivity index (χ4n) is 3.84. The molecule has 2 atom stereocenters. The summed E-state index contributed by atoms with van der Waals surface area (Å²) in [4.78, 5) is 4.18. The minimum atomic E-state index is -0.672. The molecule has 0 amide bonds. The van der Waals surface area contributed by atoms with Crippen LogP contribution in [0.1, 0.15) is 45.6 Å². The summed E-state index contributed by atoms with van der Waals surface area (Å²) in [6.07, 6.45) is 5.08. The van der Waals surface area contributed by atoms with Crippen LogP contribution in [-0.2, 0) is 0 Å². The van der Waals surface area contributed by atoms with E-state index in [4.69, 9.17) is 0 Å². The van der Waals surface area contributed by atoms with Crippen LogP contribution in [-0.4, -0.2) is 26.0 Å². The fourth-order valence-corrected chi connectivity index (χ4v) is 3.84. The lowest BCUT2D eigenvalue weighted by atomic mass is 9.81. The molecule has 1 heterocycles. The predicted molar refractivity (Wildman–Crippen MR) is 107 cm³/mol. The number of aliphatic hydroxyl groups is 1. The highest BCUT2D eigenvalue weighted by atomic mass is 19.1. The first kappa shape index (κ1) is 18.6. The van der Waals surface area contributed by atoms with E-state index in [9.17, 15) is 13.9 Å². The van der Waals surface area contributed by atoms with Gasteiger partial charge in [0.1, 0.15) is 18.0 Å². The molecule has 0 saturated heterocycles. The van der Waals surface area contributed by atoms with Gasteiger partial charge in [0.15, 0.2) is 0 Å². The van der Waals surface area contributed by atoms with Crippen LogP contribution in [0.2, 0.25) is 0 Å². The minimum Gasteiger partial charge on any atom is -0.392 e. The van der Waals surface area contributed by atoms with Gasteiger partial charge in [0.2, 0.25) is 5.95 Å². The SMILES string of the molecule is Cc1cc(Nc2ncn(-c3cc(F)cc(F)c3)n2)cc(C2CCCCC2O)c1.[HH].[HH]. The summed E-state index contributed by atoms with van der Waals surface area (Å²) in [6.45, 7) is 2.01. The molecule has 4 rings (SSSR count). The van der Waals surface area contributed by atoms with Crippen molar-refractivity contribution in [3.63, 3.8) is 0 Å². The van der Waals surface area contributed by atoms with Crippen molar-refractivity contribution in [2.45, 2.75) is 44.6 Å². The van der Waals surface area contributed by atoms with Crippen LogP contribution in [0.15, 0.2) is 42.7 Å². The van der Waals surface area contributed by atoms with E-state index >= 15 is 0 Å². The van der Waals surface area contributed by atoms with Crippen molar-refractivity contribution in [3.05, 3.63) is 65.5 Å². The number of halogens is 2. The molecular formula is C21H26F2N4O. The molecule has 1 aliphatic carbocycles. The van der Waals surface area contributed by atoms with Crippen LogP contribution in [0.5, 0.6) is 0 Å². The molecule has 150 valence electrons. The van der Waals surface area contributed by atoms with E-state index in [1.165, 1.54) is 23.1 Å². The van der Waals surface area contributed by atoms with Gasteiger partial charge in [-0.2, -0.15) is 4.98 Å². The molecule has 2 N–H and O–H groups in total. The maximum absolute atomic E-state index is 13.4. The molecule has 3 aromatic rings. The van der Waals surface area contributed by atoms with Crippen molar-refractivity contribution < 1.29 is 16.7 Å². The summed E-state index contributed by atoms with van der Waals surface area (Å²) >= 11 is 0. The molecule has 0 radical (unpaired) electrons. The molecule has 7 heteroatoms. The van der Waals surface area contributed by atoms with Crippen LogP contribution in [0.25, 0.3) is 5.69 Å². The molecule has 5 nitrogen and oxygen atoms in total. The van der Waals surface area contributed by atoms with Crippen molar-refractivity contribution in [3.8, 4) is 5.69 Å². The van der Waals surface area contributed by atoms with E-state index in [0.29, 0.717) is 5.95 Å². The first-order valence-electron chi connectivity index (χ1n) is 9.43. The summed E-state index contributed by atoms with van der Waals surface area (Å²) in [5, 5.41) is 17.8. The predicted octanol–water partition coefficient (Wildman–Crippen LogP) is 5.11. The lowest BCUT2D eigenvalue weighted by molar-refractivity contribution is 0.106. The summed E-state index contributed by atoms with van der Waals surface area (Å²) in [5.41, 5.74) is 3.25. The molecule has 2 aromatic carbocycles. The smallest absolute Gasteiger partial charge is 0.246 e. The number of hydrogen-bond acceptors (Lipinski definition) is 4. The van der Waals surface area contributed by atoms with Crippen LogP contribution < -0.4 is 5.32 Å². The van der Waals surface area contributed by atoms with Gasteiger partial charge in [-0.05, 0) is 55.2 Å². The lowest BCUT2D eigenvalue weighted by Crippen LogP contribution is -2.22. The number of aryl methyl sites for hydroxylation is 1. The molecule has 2 unspecified atom stereocenters. The second-order valence-electron chi connectivity index (χ2n) is 7.36. The Morgan fingerprint density at radius 1 is 1.07 bits per heavy atom. The summed E-state index contributed by atoms with van der Waals surface area (Å²) in [5.74, 6) is -0.885. The molecule has 0 bridgehead atoms. The average molecular weight is 388 g/mol. The number of hydrogen-bond donors (Lipinski definition) is 2. The molecular weight excluding hydrogens is 362 g/mol. The fraction of sp³-hybridized carbons (Fsp3) is 0.333. The first-order chi connectivity index (χ1) is 13.5. The van der Waals surface area contributed by atoms with Gasteiger partial charge in [-0.25, -0.2) is 13.5 Å². The van der Waals surface area contributed by atoms with Crippen molar-refractivity contribution in [2.24, 2.45) is 0 Å². The Morgan fingerprint density at radius 3 is 2.57 bits per heavy atom. The van der Waals surface area contributed by atoms with Gasteiger partial charge in [-0.3, -0.25) is 0 Å². The van der Waals surface area contributed by atoms with Crippen molar-refractivity contribution in [1.29, 1.82) is 0 Å². The second kappa shape index (κ2) is 7.67. The van der Waals surface area contributed by atoms with Gasteiger partial charge < -0.3 is 10.4 Å². The van der Waals surface area contributed by atoms with Crippen LogP contribution in [0.3, 0.4) is 0 Å². The molecule has 1 aliphatic rings. The standard InChI is InChI=1S/C21H22F2N4O.2H2/c1-13-6-14(19-4-2-3-5-20(19)28)8-17(7-13)25-21-24-12-27(26-21)18-10-15(22)9-16(23)11-18;;/h6-12,19-20,28H,2-5H2,1H3,(H,25,26);2*1H. The molecule has 1 fully saturated rings. The van der Waals surface area contributed by atoms with Crippen LogP contribution >= 0.6 is 0 Å². The highest BCUT2D eigenvalue weighted by molar-refractivity contribution is 5.56. The number of nitrogens with zero attached hydrogens (tertiary/aromatic N) is 3. The zero-order valence-corrected chi connectivity index (χ0v) is 15.6. The maximum Gasteiger partial charge on any atom is 0.246 e. The molecule has 28 heavy (non-hydrogen) atoms. The Bertz CT molecular complexity index is 979. The third kappa shape index (κ3) is 4.04. The van der Waals surface area contributed by atoms with Gasteiger partial charge in [0, 0.05) is 20.5 Å². The minimum absolute atomic E-state index is 0. The second-order valence-corrected chi connectivity index (χ2v) is 7.36. The average Bonchev–Trinajstić information content (AvgIpc) is 3.09. The van der Waals surface area contributed by atoms with E-state index in [0.717, 1.165) is 48.6 Å². The van der Waals surface area contributed by atoms with Crippen molar-refractivity contribution in [2.75, 3.05) is 5.32 Å². The molecule has 1 aromatic heterocycles. The Labute approximate surface area is 165 Å². The van der Waals surface area contributed by atoms with Crippen LogP contribution in [0, 0.1) is 18.6 Å². The topological polar surface area (TPSA) is 63.0 Å². The molecule has 0 spiro atoms. The largest absolute Gasteiger partial charge is 0.392 e. The monoisotopic (exact) mass is 388 g/mol. The number of aliphatic hydroxyl groups excluding tert-OH is 1. The third-order valence-corrected chi connectivity index (χ3v) is 5.12. The summed E-state index contributed by atoms with van der Waals surface area (Å²) in [6, 6.07) is 9.28. The Kier molecular flexibility index (Phi) is 5.09. The van der Waals surface area contributed by atoms with E-state index in [-0.39, 0.29) is 20.6 Å². The summed E-state index contributed by atoms with van der Waals surface area (Å²) < 4.78 is 28.2. The molecule has 1 saturated carbocycles. The first-order valence-corrected chi connectivity index (χ1v) is 9.43. The lowest BCUT2D eigenvalue weighted by Gasteiger charge is -2.28. The van der Waals surface area contributed by atoms with Crippen molar-refractivity contribution >= 4 is 11.6 Å². The van der Waals surface area contributed by atoms with Gasteiger partial charge in [0.25, 0.3) is 0 Å². The summed E-state index contributed by atoms with van der Waals surface area (Å²) in [7, 11) is 0. The quantitative estimate of drug-likeness (QED) is 0.652. The highest BCUT2D eigenvalue weighted by Gasteiger charge is 2.25. The zero-order chi connectivity index (χ0) is 19.7. The number of nitrogens with one attached hydrogen (secondary N) is 1. The number of rotatable bonds is 4.